The molecule has 2 aromatic heterocycles. The molecule has 0 fully saturated rings. The van der Waals surface area contributed by atoms with Crippen molar-refractivity contribution in [2.24, 2.45) is 0 Å². The Kier molecular flexibility index (Phi) is 7.52. The Hall–Kier alpha value is -4.51. The number of ether oxygens (including phenoxy) is 2. The van der Waals surface area contributed by atoms with Crippen LogP contribution in [0.1, 0.15) is 5.56 Å². The molecule has 1 radical (unpaired) electrons. The molecule has 4 aromatic carbocycles. The number of para-hydroxylation sites is 2. The molecular weight excluding hydrogens is 683 g/mol. The largest absolute Gasteiger partial charge is 0.503 e. The van der Waals surface area contributed by atoms with Crippen molar-refractivity contribution in [3.8, 4) is 45.5 Å². The zero-order valence-electron chi connectivity index (χ0n) is 22.2. The van der Waals surface area contributed by atoms with E-state index in [1.807, 2.05) is 92.0 Å². The second kappa shape index (κ2) is 11.5. The first-order chi connectivity index (χ1) is 19.8. The van der Waals surface area contributed by atoms with E-state index in [4.69, 9.17) is 9.47 Å². The van der Waals surface area contributed by atoms with Gasteiger partial charge in [-0.25, -0.2) is 0 Å². The Morgan fingerprint density at radius 3 is 2.07 bits per heavy atom. The fourth-order valence-corrected chi connectivity index (χ4v) is 5.20. The van der Waals surface area contributed by atoms with Crippen LogP contribution < -0.4 is 25.9 Å². The number of rotatable bonds is 2. The second-order valence-electron chi connectivity index (χ2n) is 9.70. The van der Waals surface area contributed by atoms with E-state index in [1.54, 1.807) is 6.20 Å². The number of hydrogen-bond donors (Lipinski definition) is 0. The van der Waals surface area contributed by atoms with E-state index in [0.717, 1.165) is 61.9 Å². The summed E-state index contributed by atoms with van der Waals surface area (Å²) in [4.78, 5) is 8.82. The summed E-state index contributed by atoms with van der Waals surface area (Å²) in [5.74, 6) is 3.33. The number of nitrogens with zero attached hydrogens (tertiary/aromatic N) is 2. The van der Waals surface area contributed by atoms with Gasteiger partial charge < -0.3 is 19.4 Å². The van der Waals surface area contributed by atoms with Crippen molar-refractivity contribution in [2.45, 2.75) is 6.92 Å². The van der Waals surface area contributed by atoms with E-state index in [9.17, 15) is 0 Å². The van der Waals surface area contributed by atoms with Crippen LogP contribution in [0, 0.1) is 19.1 Å². The monoisotopic (exact) mass is 707 g/mol. The van der Waals surface area contributed by atoms with Crippen LogP contribution in [-0.4, -0.2) is 16.7 Å². The van der Waals surface area contributed by atoms with E-state index >= 15 is 0 Å². The molecular formula is C35H23BIrN2O2-2. The van der Waals surface area contributed by atoms with Gasteiger partial charge in [-0.15, -0.1) is 48.0 Å². The Balaban J connectivity index is 0.000000183. The van der Waals surface area contributed by atoms with E-state index in [0.29, 0.717) is 0 Å². The number of hydrogen-bond acceptors (Lipinski definition) is 4. The normalized spacial score (nSPS) is 11.7. The summed E-state index contributed by atoms with van der Waals surface area (Å²) in [5, 5.41) is 0. The number of pyridine rings is 2. The maximum absolute atomic E-state index is 6.37. The van der Waals surface area contributed by atoms with Crippen LogP contribution in [-0.2, 0) is 20.1 Å². The van der Waals surface area contributed by atoms with Crippen molar-refractivity contribution < 1.29 is 29.6 Å². The molecule has 0 amide bonds. The first-order valence-corrected chi connectivity index (χ1v) is 13.2. The molecule has 6 aromatic rings. The molecule has 4 heterocycles. The van der Waals surface area contributed by atoms with Crippen molar-refractivity contribution in [3.05, 3.63) is 139 Å². The summed E-state index contributed by atoms with van der Waals surface area (Å²) >= 11 is 0. The standard InChI is InChI=1S/C23H13BNO2.C12H10N.Ir/c1-3-10-19-16(7-1)24-17-8-2-4-11-20(17)27-23-15(18-9-5-6-14-25-18)12-13-21(26-19)22(23)24;1-10-7-8-12(13-9-10)11-5-3-2-4-6-11;/h1-11,13-14H;2-5,7-9H,1H3;/q2*-1;. The Morgan fingerprint density at radius 2 is 1.39 bits per heavy atom. The number of fused-ring (bicyclic) bond motifs is 4. The Bertz CT molecular complexity index is 1800. The Morgan fingerprint density at radius 1 is 0.659 bits per heavy atom. The number of aromatic nitrogens is 2. The van der Waals surface area contributed by atoms with E-state index in [2.05, 4.69) is 52.4 Å². The predicted octanol–water partition coefficient (Wildman–Crippen LogP) is 6.13. The van der Waals surface area contributed by atoms with Crippen molar-refractivity contribution in [1.29, 1.82) is 0 Å². The zero-order valence-corrected chi connectivity index (χ0v) is 24.6. The molecule has 0 unspecified atom stereocenters. The summed E-state index contributed by atoms with van der Waals surface area (Å²) < 4.78 is 12.6. The Labute approximate surface area is 253 Å². The first kappa shape index (κ1) is 26.7. The molecule has 2 aliphatic rings. The zero-order chi connectivity index (χ0) is 26.9. The molecule has 0 N–H and O–H groups in total. The SMILES string of the molecule is Cc1ccc(-c2[c-]cccc2)nc1.[Ir].[c-]1cc2c3c(c1-c1ccccn1)Oc1ccccc1B3c1ccccc1O2. The third-order valence-corrected chi connectivity index (χ3v) is 7.08. The second-order valence-corrected chi connectivity index (χ2v) is 9.70. The smallest absolute Gasteiger partial charge is 0.239 e. The fourth-order valence-electron chi connectivity index (χ4n) is 5.20. The van der Waals surface area contributed by atoms with Gasteiger partial charge in [0.15, 0.2) is 0 Å². The van der Waals surface area contributed by atoms with Crippen molar-refractivity contribution >= 4 is 23.1 Å². The van der Waals surface area contributed by atoms with Gasteiger partial charge in [-0.2, -0.15) is 0 Å². The summed E-state index contributed by atoms with van der Waals surface area (Å²) in [5.41, 5.74) is 8.25. The third kappa shape index (κ3) is 5.08. The molecule has 0 atom stereocenters. The van der Waals surface area contributed by atoms with Crippen LogP contribution in [0.3, 0.4) is 0 Å². The number of benzene rings is 4. The maximum Gasteiger partial charge on any atom is 0.239 e. The van der Waals surface area contributed by atoms with Gasteiger partial charge in [0.25, 0.3) is 0 Å². The summed E-state index contributed by atoms with van der Waals surface area (Å²) in [6.07, 6.45) is 3.66. The molecule has 0 aliphatic carbocycles. The minimum Gasteiger partial charge on any atom is -0.503 e. The molecule has 0 saturated heterocycles. The van der Waals surface area contributed by atoms with Gasteiger partial charge in [-0.3, -0.25) is 0 Å². The van der Waals surface area contributed by atoms with Crippen LogP contribution >= 0.6 is 0 Å². The van der Waals surface area contributed by atoms with Gasteiger partial charge in [-0.05, 0) is 53.0 Å². The van der Waals surface area contributed by atoms with Gasteiger partial charge in [0.2, 0.25) is 6.71 Å². The molecule has 41 heavy (non-hydrogen) atoms. The summed E-state index contributed by atoms with van der Waals surface area (Å²) in [6, 6.07) is 42.6. The van der Waals surface area contributed by atoms with Crippen LogP contribution in [0.2, 0.25) is 0 Å². The van der Waals surface area contributed by atoms with Gasteiger partial charge in [0.05, 0.1) is 0 Å². The topological polar surface area (TPSA) is 44.2 Å². The fraction of sp³-hybridized carbons (Fsp3) is 0.0286. The van der Waals surface area contributed by atoms with Crippen molar-refractivity contribution in [3.63, 3.8) is 0 Å². The third-order valence-electron chi connectivity index (χ3n) is 7.08. The minimum absolute atomic E-state index is 0. The van der Waals surface area contributed by atoms with E-state index in [-0.39, 0.29) is 26.8 Å². The summed E-state index contributed by atoms with van der Waals surface area (Å²) in [7, 11) is 0. The molecule has 6 heteroatoms. The van der Waals surface area contributed by atoms with Crippen LogP contribution in [0.25, 0.3) is 22.5 Å². The van der Waals surface area contributed by atoms with Crippen LogP contribution in [0.15, 0.2) is 122 Å². The van der Waals surface area contributed by atoms with E-state index in [1.165, 1.54) is 5.56 Å². The van der Waals surface area contributed by atoms with Gasteiger partial charge in [-0.1, -0.05) is 71.7 Å². The average molecular weight is 707 g/mol. The molecule has 8 rings (SSSR count). The number of aryl methyl sites for hydroxylation is 1. The van der Waals surface area contributed by atoms with Gasteiger partial charge >= 0.3 is 0 Å². The first-order valence-electron chi connectivity index (χ1n) is 13.2. The van der Waals surface area contributed by atoms with E-state index < -0.39 is 0 Å². The molecule has 2 aliphatic heterocycles. The van der Waals surface area contributed by atoms with Crippen LogP contribution in [0.4, 0.5) is 0 Å². The van der Waals surface area contributed by atoms with Crippen molar-refractivity contribution in [1.82, 2.24) is 9.97 Å². The molecule has 0 bridgehead atoms. The predicted molar refractivity (Wildman–Crippen MR) is 159 cm³/mol. The quantitative estimate of drug-likeness (QED) is 0.160. The average Bonchev–Trinajstić information content (AvgIpc) is 3.02. The minimum atomic E-state index is 0. The molecule has 199 valence electrons. The van der Waals surface area contributed by atoms with Gasteiger partial charge in [0.1, 0.15) is 11.5 Å². The van der Waals surface area contributed by atoms with Crippen molar-refractivity contribution in [2.75, 3.05) is 0 Å². The molecule has 4 nitrogen and oxygen atoms in total. The summed E-state index contributed by atoms with van der Waals surface area (Å²) in [6.45, 7) is 2.10. The van der Waals surface area contributed by atoms with Gasteiger partial charge in [0, 0.05) is 44.0 Å². The molecule has 0 saturated carbocycles. The van der Waals surface area contributed by atoms with Crippen LogP contribution in [0.5, 0.6) is 23.0 Å². The molecule has 0 spiro atoms. The maximum atomic E-state index is 6.37.